The van der Waals surface area contributed by atoms with Gasteiger partial charge in [-0.05, 0) is 47.9 Å². The maximum absolute atomic E-state index is 13.1. The maximum atomic E-state index is 13.1. The molecular weight excluding hydrogens is 472 g/mol. The number of carboxylic acids is 1. The quantitative estimate of drug-likeness (QED) is 0.592. The summed E-state index contributed by atoms with van der Waals surface area (Å²) in [5.74, 6) is -0.800. The Labute approximate surface area is 207 Å². The Bertz CT molecular complexity index is 1140. The normalized spacial score (nSPS) is 16.7. The average molecular weight is 509 g/mol. The number of hydrogen-bond acceptors (Lipinski definition) is 5. The second kappa shape index (κ2) is 9.24. The minimum atomic E-state index is -3.77. The summed E-state index contributed by atoms with van der Waals surface area (Å²) >= 11 is 1.74. The zero-order chi connectivity index (χ0) is 25.6. The minimum absolute atomic E-state index is 0.000763. The standard InChI is InChI=1S/C25H36N2O5S2/c1-24(2,3)18-14-17(15-19(22(18)28)25(4,5)6)33-16-10-12-27(13-11-16)34(31,32)21-9-8-20(23(29)30)26(21)7/h8-9,14-16,28H,10-13H2,1-7H3,(H,29,30). The molecule has 1 aromatic heterocycles. The Balaban J connectivity index is 1.78. The van der Waals surface area contributed by atoms with Crippen LogP contribution in [-0.2, 0) is 27.9 Å². The Morgan fingerprint density at radius 1 is 1.00 bits per heavy atom. The molecule has 0 atom stereocenters. The molecule has 1 saturated heterocycles. The molecule has 0 amide bonds. The van der Waals surface area contributed by atoms with Crippen LogP contribution in [0.4, 0.5) is 0 Å². The van der Waals surface area contributed by atoms with Crippen molar-refractivity contribution in [2.24, 2.45) is 7.05 Å². The SMILES string of the molecule is Cn1c(C(=O)O)ccc1S(=O)(=O)N1CCC(Sc2cc(C(C)(C)C)c(O)c(C(C)(C)C)c2)CC1. The van der Waals surface area contributed by atoms with Gasteiger partial charge in [0.1, 0.15) is 11.4 Å². The van der Waals surface area contributed by atoms with E-state index in [-0.39, 0.29) is 26.8 Å². The fourth-order valence-corrected chi connectivity index (χ4v) is 7.14. The highest BCUT2D eigenvalue weighted by Gasteiger charge is 2.33. The van der Waals surface area contributed by atoms with E-state index in [0.29, 0.717) is 31.7 Å². The number of rotatable bonds is 5. The number of sulfonamides is 1. The van der Waals surface area contributed by atoms with E-state index in [9.17, 15) is 23.4 Å². The van der Waals surface area contributed by atoms with Crippen molar-refractivity contribution in [2.45, 2.75) is 80.4 Å². The second-order valence-corrected chi connectivity index (χ2v) is 14.3. The third-order valence-electron chi connectivity index (χ3n) is 6.30. The smallest absolute Gasteiger partial charge is 0.352 e. The molecule has 0 saturated carbocycles. The van der Waals surface area contributed by atoms with Gasteiger partial charge < -0.3 is 14.8 Å². The first-order valence-electron chi connectivity index (χ1n) is 11.5. The summed E-state index contributed by atoms with van der Waals surface area (Å²) in [5, 5.41) is 20.4. The van der Waals surface area contributed by atoms with E-state index in [2.05, 4.69) is 53.7 Å². The number of aromatic hydroxyl groups is 1. The number of benzene rings is 1. The summed E-state index contributed by atoms with van der Waals surface area (Å²) in [6.07, 6.45) is 1.38. The van der Waals surface area contributed by atoms with E-state index in [4.69, 9.17) is 0 Å². The van der Waals surface area contributed by atoms with E-state index in [1.54, 1.807) is 11.8 Å². The first kappa shape index (κ1) is 26.6. The maximum Gasteiger partial charge on any atom is 0.352 e. The number of piperidine rings is 1. The number of phenolic OH excluding ortho intramolecular Hbond substituents is 1. The highest BCUT2D eigenvalue weighted by atomic mass is 32.2. The topological polar surface area (TPSA) is 99.8 Å². The lowest BCUT2D eigenvalue weighted by Gasteiger charge is -2.32. The first-order valence-corrected chi connectivity index (χ1v) is 13.8. The molecule has 2 heterocycles. The number of aromatic nitrogens is 1. The molecule has 0 unspecified atom stereocenters. The van der Waals surface area contributed by atoms with Crippen molar-refractivity contribution in [3.8, 4) is 5.75 Å². The van der Waals surface area contributed by atoms with E-state index in [1.807, 2.05) is 0 Å². The molecule has 0 aliphatic carbocycles. The Kier molecular flexibility index (Phi) is 7.24. The summed E-state index contributed by atoms with van der Waals surface area (Å²) in [7, 11) is -2.31. The van der Waals surface area contributed by atoms with Crippen LogP contribution in [0.25, 0.3) is 0 Å². The molecule has 34 heavy (non-hydrogen) atoms. The van der Waals surface area contributed by atoms with Gasteiger partial charge >= 0.3 is 5.97 Å². The molecule has 0 radical (unpaired) electrons. The zero-order valence-electron chi connectivity index (χ0n) is 21.0. The molecule has 2 N–H and O–H groups in total. The van der Waals surface area contributed by atoms with E-state index in [0.717, 1.165) is 16.0 Å². The van der Waals surface area contributed by atoms with Crippen LogP contribution in [0.5, 0.6) is 5.75 Å². The van der Waals surface area contributed by atoms with Crippen LogP contribution in [0.1, 0.15) is 76.0 Å². The van der Waals surface area contributed by atoms with Gasteiger partial charge in [-0.3, -0.25) is 0 Å². The molecule has 9 heteroatoms. The number of aromatic carboxylic acids is 1. The van der Waals surface area contributed by atoms with Gasteiger partial charge in [-0.1, -0.05) is 41.5 Å². The van der Waals surface area contributed by atoms with Crippen LogP contribution in [0.15, 0.2) is 34.2 Å². The molecular formula is C25H36N2O5S2. The minimum Gasteiger partial charge on any atom is -0.507 e. The number of hydrogen-bond donors (Lipinski definition) is 2. The van der Waals surface area contributed by atoms with Crippen molar-refractivity contribution < 1.29 is 23.4 Å². The third-order valence-corrected chi connectivity index (χ3v) is 9.60. The fraction of sp³-hybridized carbons (Fsp3) is 0.560. The van der Waals surface area contributed by atoms with E-state index < -0.39 is 16.0 Å². The molecule has 1 aromatic carbocycles. The number of carbonyl (C=O) groups is 1. The van der Waals surface area contributed by atoms with Gasteiger partial charge in [0.25, 0.3) is 10.0 Å². The summed E-state index contributed by atoms with van der Waals surface area (Å²) in [6.45, 7) is 13.3. The summed E-state index contributed by atoms with van der Waals surface area (Å²) < 4.78 is 28.9. The van der Waals surface area contributed by atoms with Gasteiger partial charge in [0.15, 0.2) is 5.03 Å². The van der Waals surface area contributed by atoms with E-state index >= 15 is 0 Å². The highest BCUT2D eigenvalue weighted by Crippen LogP contribution is 2.43. The van der Waals surface area contributed by atoms with E-state index in [1.165, 1.54) is 28.1 Å². The lowest BCUT2D eigenvalue weighted by atomic mass is 9.79. The van der Waals surface area contributed by atoms with Crippen LogP contribution >= 0.6 is 11.8 Å². The van der Waals surface area contributed by atoms with Crippen LogP contribution in [-0.4, -0.2) is 51.8 Å². The summed E-state index contributed by atoms with van der Waals surface area (Å²) in [4.78, 5) is 12.4. The van der Waals surface area contributed by atoms with Crippen molar-refractivity contribution in [1.29, 1.82) is 0 Å². The van der Waals surface area contributed by atoms with Gasteiger partial charge in [-0.2, -0.15) is 4.31 Å². The van der Waals surface area contributed by atoms with Crippen molar-refractivity contribution in [2.75, 3.05) is 13.1 Å². The number of phenols is 1. The van der Waals surface area contributed by atoms with Crippen molar-refractivity contribution >= 4 is 27.8 Å². The monoisotopic (exact) mass is 508 g/mol. The predicted octanol–water partition coefficient (Wildman–Crippen LogP) is 4.97. The number of carboxylic acid groups (broad SMARTS) is 1. The van der Waals surface area contributed by atoms with Gasteiger partial charge in [-0.25, -0.2) is 13.2 Å². The second-order valence-electron chi connectivity index (χ2n) is 11.0. The Morgan fingerprint density at radius 2 is 1.50 bits per heavy atom. The molecule has 0 bridgehead atoms. The molecule has 1 aliphatic heterocycles. The van der Waals surface area contributed by atoms with Crippen molar-refractivity contribution in [3.05, 3.63) is 41.1 Å². The summed E-state index contributed by atoms with van der Waals surface area (Å²) in [6, 6.07) is 6.81. The van der Waals surface area contributed by atoms with Gasteiger partial charge in [0, 0.05) is 41.4 Å². The lowest BCUT2D eigenvalue weighted by Crippen LogP contribution is -2.40. The lowest BCUT2D eigenvalue weighted by molar-refractivity contribution is 0.0685. The number of thioether (sulfide) groups is 1. The summed E-state index contributed by atoms with van der Waals surface area (Å²) in [5.41, 5.74) is 1.37. The van der Waals surface area contributed by atoms with Gasteiger partial charge in [0.2, 0.25) is 0 Å². The molecule has 1 aliphatic rings. The zero-order valence-corrected chi connectivity index (χ0v) is 22.7. The van der Waals surface area contributed by atoms with Crippen LogP contribution in [0.3, 0.4) is 0 Å². The molecule has 7 nitrogen and oxygen atoms in total. The van der Waals surface area contributed by atoms with Crippen LogP contribution in [0, 0.1) is 0 Å². The van der Waals surface area contributed by atoms with Gasteiger partial charge in [0.05, 0.1) is 0 Å². The van der Waals surface area contributed by atoms with Gasteiger partial charge in [-0.15, -0.1) is 11.8 Å². The molecule has 188 valence electrons. The first-order chi connectivity index (χ1) is 15.5. The van der Waals surface area contributed by atoms with Crippen LogP contribution < -0.4 is 0 Å². The Hall–Kier alpha value is -1.97. The molecule has 1 fully saturated rings. The third kappa shape index (κ3) is 5.31. The molecule has 0 spiro atoms. The van der Waals surface area contributed by atoms with Crippen molar-refractivity contribution in [1.82, 2.24) is 8.87 Å². The van der Waals surface area contributed by atoms with Crippen molar-refractivity contribution in [3.63, 3.8) is 0 Å². The van der Waals surface area contributed by atoms with Crippen LogP contribution in [0.2, 0.25) is 0 Å². The Morgan fingerprint density at radius 3 is 1.91 bits per heavy atom. The molecule has 2 aromatic rings. The fourth-order valence-electron chi connectivity index (χ4n) is 4.30. The number of nitrogens with zero attached hydrogens (tertiary/aromatic N) is 2. The average Bonchev–Trinajstić information content (AvgIpc) is 3.10. The predicted molar refractivity (Wildman–Crippen MR) is 136 cm³/mol. The largest absolute Gasteiger partial charge is 0.507 e. The molecule has 3 rings (SSSR count). The highest BCUT2D eigenvalue weighted by molar-refractivity contribution is 8.00.